The fraction of sp³-hybridized carbons (Fsp3) is 0.259. The number of carbonyl (C=O) groups excluding carboxylic acids is 2. The number of esters is 1. The van der Waals surface area contributed by atoms with Crippen LogP contribution in [0.3, 0.4) is 0 Å². The molecule has 198 valence electrons. The average Bonchev–Trinajstić information content (AvgIpc) is 2.86. The number of halogens is 2. The number of rotatable bonds is 11. The second-order valence-corrected chi connectivity index (χ2v) is 10.5. The van der Waals surface area contributed by atoms with Gasteiger partial charge < -0.3 is 15.4 Å². The van der Waals surface area contributed by atoms with E-state index in [1.165, 1.54) is 19.1 Å². The SMILES string of the molecule is CCNC(=O)c1cccc(S(=O)(=O)c2ccc(CCNC[C@@H](OC(C)=O)c3cccc(Cl)c3)cc2)c1.Cl. The Kier molecular flexibility index (Phi) is 11.6. The Morgan fingerprint density at radius 1 is 0.973 bits per heavy atom. The normalized spacial score (nSPS) is 11.8. The first-order valence-corrected chi connectivity index (χ1v) is 13.4. The number of amides is 1. The molecule has 2 N–H and O–H groups in total. The monoisotopic (exact) mass is 564 g/mol. The molecule has 7 nitrogen and oxygen atoms in total. The zero-order valence-corrected chi connectivity index (χ0v) is 23.0. The first kappa shape index (κ1) is 30.3. The molecule has 0 unspecified atom stereocenters. The lowest BCUT2D eigenvalue weighted by molar-refractivity contribution is -0.146. The molecule has 3 aromatic rings. The van der Waals surface area contributed by atoms with Crippen molar-refractivity contribution in [2.75, 3.05) is 19.6 Å². The zero-order valence-electron chi connectivity index (χ0n) is 20.6. The Hall–Kier alpha value is -2.91. The molecule has 1 amide bonds. The van der Waals surface area contributed by atoms with Gasteiger partial charge in [-0.15, -0.1) is 12.4 Å². The van der Waals surface area contributed by atoms with Crippen LogP contribution < -0.4 is 10.6 Å². The van der Waals surface area contributed by atoms with Crippen molar-refractivity contribution in [2.24, 2.45) is 0 Å². The van der Waals surface area contributed by atoms with Gasteiger partial charge in [-0.25, -0.2) is 8.42 Å². The third-order valence-electron chi connectivity index (χ3n) is 5.43. The number of sulfone groups is 1. The molecule has 10 heteroatoms. The predicted octanol–water partition coefficient (Wildman–Crippen LogP) is 4.78. The van der Waals surface area contributed by atoms with Crippen LogP contribution in [0.4, 0.5) is 0 Å². The summed E-state index contributed by atoms with van der Waals surface area (Å²) in [4.78, 5) is 23.8. The van der Waals surface area contributed by atoms with Crippen molar-refractivity contribution in [3.05, 3.63) is 94.5 Å². The third-order valence-corrected chi connectivity index (χ3v) is 7.43. The molecule has 3 rings (SSSR count). The second kappa shape index (κ2) is 14.1. The van der Waals surface area contributed by atoms with Gasteiger partial charge in [0.25, 0.3) is 5.91 Å². The molecule has 0 aliphatic carbocycles. The molecule has 0 fully saturated rings. The minimum absolute atomic E-state index is 0. The van der Waals surface area contributed by atoms with E-state index in [0.29, 0.717) is 36.6 Å². The Morgan fingerprint density at radius 3 is 2.32 bits per heavy atom. The van der Waals surface area contributed by atoms with Crippen LogP contribution >= 0.6 is 24.0 Å². The van der Waals surface area contributed by atoms with Gasteiger partial charge in [0.1, 0.15) is 6.10 Å². The molecule has 0 spiro atoms. The molecule has 37 heavy (non-hydrogen) atoms. The van der Waals surface area contributed by atoms with Crippen LogP contribution in [0.1, 0.15) is 41.4 Å². The van der Waals surface area contributed by atoms with Crippen molar-refractivity contribution >= 4 is 45.7 Å². The Labute approximate surface area is 228 Å². The summed E-state index contributed by atoms with van der Waals surface area (Å²) in [5, 5.41) is 6.51. The van der Waals surface area contributed by atoms with Crippen LogP contribution in [0.15, 0.2) is 82.6 Å². The Balaban J connectivity index is 0.00000481. The largest absolute Gasteiger partial charge is 0.456 e. The van der Waals surface area contributed by atoms with Crippen molar-refractivity contribution < 1.29 is 22.7 Å². The van der Waals surface area contributed by atoms with Crippen molar-refractivity contribution in [3.63, 3.8) is 0 Å². The van der Waals surface area contributed by atoms with Gasteiger partial charge in [0.15, 0.2) is 0 Å². The molecular formula is C27H30Cl2N2O5S. The van der Waals surface area contributed by atoms with E-state index in [4.69, 9.17) is 16.3 Å². The van der Waals surface area contributed by atoms with E-state index in [-0.39, 0.29) is 34.1 Å². The van der Waals surface area contributed by atoms with Crippen LogP contribution in [0.5, 0.6) is 0 Å². The molecule has 0 radical (unpaired) electrons. The smallest absolute Gasteiger partial charge is 0.303 e. The summed E-state index contributed by atoms with van der Waals surface area (Å²) in [5.74, 6) is -0.696. The fourth-order valence-corrected chi connectivity index (χ4v) is 5.14. The number of hydrogen-bond donors (Lipinski definition) is 2. The van der Waals surface area contributed by atoms with E-state index in [9.17, 15) is 18.0 Å². The van der Waals surface area contributed by atoms with Gasteiger partial charge in [0.05, 0.1) is 9.79 Å². The Bertz CT molecular complexity index is 1310. The van der Waals surface area contributed by atoms with Crippen LogP contribution in [0, 0.1) is 0 Å². The van der Waals surface area contributed by atoms with Crippen molar-refractivity contribution in [1.29, 1.82) is 0 Å². The van der Waals surface area contributed by atoms with Gasteiger partial charge in [-0.3, -0.25) is 9.59 Å². The van der Waals surface area contributed by atoms with Crippen LogP contribution in [-0.2, 0) is 25.8 Å². The summed E-state index contributed by atoms with van der Waals surface area (Å²) in [6.45, 7) is 4.63. The molecule has 0 heterocycles. The average molecular weight is 566 g/mol. The molecular weight excluding hydrogens is 535 g/mol. The summed E-state index contributed by atoms with van der Waals surface area (Å²) in [6.07, 6.45) is 0.180. The number of nitrogens with one attached hydrogen (secondary N) is 2. The minimum Gasteiger partial charge on any atom is -0.456 e. The van der Waals surface area contributed by atoms with Crippen molar-refractivity contribution in [1.82, 2.24) is 10.6 Å². The van der Waals surface area contributed by atoms with Crippen LogP contribution in [0.2, 0.25) is 5.02 Å². The van der Waals surface area contributed by atoms with E-state index >= 15 is 0 Å². The lowest BCUT2D eigenvalue weighted by Crippen LogP contribution is -2.26. The molecule has 3 aromatic carbocycles. The molecule has 0 bridgehead atoms. The number of ether oxygens (including phenoxy) is 1. The van der Waals surface area contributed by atoms with Crippen LogP contribution in [0.25, 0.3) is 0 Å². The summed E-state index contributed by atoms with van der Waals surface area (Å²) in [5.41, 5.74) is 2.05. The standard InChI is InChI=1S/C27H29ClN2O5S.ClH/c1-3-30-27(32)22-7-5-9-25(17-22)36(33,34)24-12-10-20(11-13-24)14-15-29-18-26(35-19(2)31)21-6-4-8-23(28)16-21;/h4-13,16-17,26,29H,3,14-15,18H2,1-2H3,(H,30,32);1H/t26-;/m1./s1. The van der Waals surface area contributed by atoms with Gasteiger partial charge in [-0.1, -0.05) is 41.9 Å². The zero-order chi connectivity index (χ0) is 26.1. The summed E-state index contributed by atoms with van der Waals surface area (Å²) in [7, 11) is -3.76. The van der Waals surface area contributed by atoms with E-state index in [0.717, 1.165) is 11.1 Å². The van der Waals surface area contributed by atoms with E-state index in [1.54, 1.807) is 61.5 Å². The van der Waals surface area contributed by atoms with Crippen molar-refractivity contribution in [3.8, 4) is 0 Å². The maximum atomic E-state index is 13.1. The lowest BCUT2D eigenvalue weighted by Gasteiger charge is -2.18. The minimum atomic E-state index is -3.76. The summed E-state index contributed by atoms with van der Waals surface area (Å²) < 4.78 is 31.6. The molecule has 1 atom stereocenters. The highest BCUT2D eigenvalue weighted by Gasteiger charge is 2.19. The molecule has 0 saturated heterocycles. The van der Waals surface area contributed by atoms with E-state index in [1.807, 2.05) is 6.07 Å². The number of benzene rings is 3. The third kappa shape index (κ3) is 8.57. The van der Waals surface area contributed by atoms with Gasteiger partial charge >= 0.3 is 5.97 Å². The highest BCUT2D eigenvalue weighted by molar-refractivity contribution is 7.91. The molecule has 0 aromatic heterocycles. The van der Waals surface area contributed by atoms with Gasteiger partial charge in [-0.2, -0.15) is 0 Å². The first-order chi connectivity index (χ1) is 17.2. The van der Waals surface area contributed by atoms with Crippen LogP contribution in [-0.4, -0.2) is 39.9 Å². The molecule has 0 saturated carbocycles. The lowest BCUT2D eigenvalue weighted by atomic mass is 10.1. The molecule has 0 aliphatic rings. The second-order valence-electron chi connectivity index (χ2n) is 8.14. The van der Waals surface area contributed by atoms with Gasteiger partial charge in [-0.05, 0) is 73.5 Å². The van der Waals surface area contributed by atoms with Crippen molar-refractivity contribution in [2.45, 2.75) is 36.2 Å². The Morgan fingerprint density at radius 2 is 1.68 bits per heavy atom. The highest BCUT2D eigenvalue weighted by Crippen LogP contribution is 2.23. The topological polar surface area (TPSA) is 102 Å². The highest BCUT2D eigenvalue weighted by atomic mass is 35.5. The maximum absolute atomic E-state index is 13.1. The summed E-state index contributed by atoms with van der Waals surface area (Å²) >= 11 is 6.06. The molecule has 0 aliphatic heterocycles. The number of carbonyl (C=O) groups is 2. The maximum Gasteiger partial charge on any atom is 0.303 e. The van der Waals surface area contributed by atoms with Gasteiger partial charge in [0, 0.05) is 30.6 Å². The van der Waals surface area contributed by atoms with Gasteiger partial charge in [0.2, 0.25) is 9.84 Å². The van der Waals surface area contributed by atoms with E-state index in [2.05, 4.69) is 10.6 Å². The first-order valence-electron chi connectivity index (χ1n) is 11.6. The summed E-state index contributed by atoms with van der Waals surface area (Å²) in [6, 6.07) is 19.9. The fourth-order valence-electron chi connectivity index (χ4n) is 3.64. The number of hydrogen-bond acceptors (Lipinski definition) is 6. The quantitative estimate of drug-likeness (QED) is 0.256. The predicted molar refractivity (Wildman–Crippen MR) is 146 cm³/mol. The van der Waals surface area contributed by atoms with E-state index < -0.39 is 15.9 Å².